The molecule has 0 radical (unpaired) electrons. The lowest BCUT2D eigenvalue weighted by atomic mass is 10.0. The van der Waals surface area contributed by atoms with Gasteiger partial charge in [0.15, 0.2) is 0 Å². The van der Waals surface area contributed by atoms with Crippen molar-refractivity contribution in [2.75, 3.05) is 6.54 Å². The molecule has 0 aliphatic carbocycles. The Bertz CT molecular complexity index is 1090. The Morgan fingerprint density at radius 1 is 1.07 bits per heavy atom. The van der Waals surface area contributed by atoms with Gasteiger partial charge < -0.3 is 9.88 Å². The van der Waals surface area contributed by atoms with Gasteiger partial charge in [0.1, 0.15) is 5.82 Å². The topological polar surface area (TPSA) is 72.7 Å². The minimum Gasteiger partial charge on any atom is -0.350 e. The molecule has 0 aliphatic heterocycles. The number of imidazole rings is 1. The first-order chi connectivity index (χ1) is 13.2. The Balaban J connectivity index is 1.54. The van der Waals surface area contributed by atoms with E-state index in [9.17, 15) is 4.79 Å². The summed E-state index contributed by atoms with van der Waals surface area (Å²) in [4.78, 5) is 25.2. The molecular weight excluding hydrogens is 338 g/mol. The molecule has 3 aromatic heterocycles. The molecule has 0 unspecified atom stereocenters. The number of aryl methyl sites for hydroxylation is 1. The van der Waals surface area contributed by atoms with E-state index >= 15 is 0 Å². The van der Waals surface area contributed by atoms with E-state index in [1.807, 2.05) is 16.8 Å². The fraction of sp³-hybridized carbons (Fsp3) is 0.143. The zero-order valence-electron chi connectivity index (χ0n) is 15.0. The Morgan fingerprint density at radius 3 is 2.81 bits per heavy atom. The van der Waals surface area contributed by atoms with E-state index in [0.29, 0.717) is 18.7 Å². The summed E-state index contributed by atoms with van der Waals surface area (Å²) < 4.78 is 2.04. The fourth-order valence-corrected chi connectivity index (χ4v) is 3.13. The molecule has 1 N–H and O–H groups in total. The number of aromatic nitrogens is 4. The lowest BCUT2D eigenvalue weighted by Crippen LogP contribution is -2.27. The highest BCUT2D eigenvalue weighted by molar-refractivity contribution is 5.95. The molecule has 0 atom stereocenters. The van der Waals surface area contributed by atoms with Gasteiger partial charge in [0.05, 0.1) is 11.1 Å². The standard InChI is InChI=1S/C21H19N5O/c1-15-6-7-18(17-5-3-9-23-19(15)17)20-24-10-12-26(20)13-11-25-21(27)16-4-2-8-22-14-16/h2-10,12,14H,11,13H2,1H3,(H,25,27). The van der Waals surface area contributed by atoms with Crippen LogP contribution in [0.5, 0.6) is 0 Å². The summed E-state index contributed by atoms with van der Waals surface area (Å²) in [6.07, 6.45) is 8.71. The third kappa shape index (κ3) is 3.42. The normalized spacial score (nSPS) is 10.9. The maximum atomic E-state index is 12.2. The molecule has 0 saturated carbocycles. The first kappa shape index (κ1) is 16.9. The summed E-state index contributed by atoms with van der Waals surface area (Å²) in [6.45, 7) is 3.18. The van der Waals surface area contributed by atoms with E-state index in [4.69, 9.17) is 0 Å². The molecule has 134 valence electrons. The van der Waals surface area contributed by atoms with Crippen molar-refractivity contribution >= 4 is 16.8 Å². The number of fused-ring (bicyclic) bond motifs is 1. The molecule has 4 aromatic rings. The van der Waals surface area contributed by atoms with Gasteiger partial charge in [0.25, 0.3) is 5.91 Å². The highest BCUT2D eigenvalue weighted by Crippen LogP contribution is 2.28. The van der Waals surface area contributed by atoms with Gasteiger partial charge in [0, 0.05) is 55.0 Å². The zero-order valence-corrected chi connectivity index (χ0v) is 15.0. The third-order valence-corrected chi connectivity index (χ3v) is 4.49. The van der Waals surface area contributed by atoms with E-state index in [0.717, 1.165) is 27.9 Å². The Morgan fingerprint density at radius 2 is 1.96 bits per heavy atom. The van der Waals surface area contributed by atoms with Crippen LogP contribution >= 0.6 is 0 Å². The van der Waals surface area contributed by atoms with E-state index < -0.39 is 0 Å². The SMILES string of the molecule is Cc1ccc(-c2nccn2CCNC(=O)c2cccnc2)c2cccnc12. The Kier molecular flexibility index (Phi) is 4.61. The minimum atomic E-state index is -0.130. The van der Waals surface area contributed by atoms with E-state index in [1.165, 1.54) is 0 Å². The number of nitrogens with zero attached hydrogens (tertiary/aromatic N) is 4. The molecular formula is C21H19N5O. The number of rotatable bonds is 5. The van der Waals surface area contributed by atoms with Crippen molar-refractivity contribution in [3.63, 3.8) is 0 Å². The van der Waals surface area contributed by atoms with Crippen molar-refractivity contribution in [3.8, 4) is 11.4 Å². The number of benzene rings is 1. The van der Waals surface area contributed by atoms with E-state index in [1.54, 1.807) is 36.9 Å². The van der Waals surface area contributed by atoms with Crippen molar-refractivity contribution in [1.82, 2.24) is 24.8 Å². The van der Waals surface area contributed by atoms with Gasteiger partial charge in [-0.25, -0.2) is 4.98 Å². The quantitative estimate of drug-likeness (QED) is 0.595. The maximum Gasteiger partial charge on any atom is 0.252 e. The van der Waals surface area contributed by atoms with Crippen LogP contribution in [0.4, 0.5) is 0 Å². The maximum absolute atomic E-state index is 12.2. The molecule has 0 spiro atoms. The molecule has 1 aromatic carbocycles. The van der Waals surface area contributed by atoms with E-state index in [2.05, 4.69) is 45.4 Å². The second-order valence-corrected chi connectivity index (χ2v) is 6.27. The number of amides is 1. The van der Waals surface area contributed by atoms with Gasteiger partial charge >= 0.3 is 0 Å². The summed E-state index contributed by atoms with van der Waals surface area (Å²) in [5.41, 5.74) is 3.71. The average Bonchev–Trinajstić information content (AvgIpc) is 3.17. The van der Waals surface area contributed by atoms with Crippen LogP contribution in [0, 0.1) is 6.92 Å². The Hall–Kier alpha value is -3.54. The summed E-state index contributed by atoms with van der Waals surface area (Å²) in [6, 6.07) is 11.6. The van der Waals surface area contributed by atoms with Gasteiger partial charge in [-0.1, -0.05) is 18.2 Å². The molecule has 0 aliphatic rings. The molecule has 3 heterocycles. The molecule has 27 heavy (non-hydrogen) atoms. The third-order valence-electron chi connectivity index (χ3n) is 4.49. The van der Waals surface area contributed by atoms with Crippen molar-refractivity contribution in [2.24, 2.45) is 0 Å². The minimum absolute atomic E-state index is 0.130. The van der Waals surface area contributed by atoms with Crippen molar-refractivity contribution in [1.29, 1.82) is 0 Å². The predicted octanol–water partition coefficient (Wildman–Crippen LogP) is 3.23. The first-order valence-electron chi connectivity index (χ1n) is 8.78. The van der Waals surface area contributed by atoms with Crippen LogP contribution in [0.15, 0.2) is 67.4 Å². The van der Waals surface area contributed by atoms with Gasteiger partial charge in [-0.15, -0.1) is 0 Å². The monoisotopic (exact) mass is 357 g/mol. The number of hydrogen-bond donors (Lipinski definition) is 1. The van der Waals surface area contributed by atoms with Crippen LogP contribution in [0.25, 0.3) is 22.3 Å². The molecule has 0 bridgehead atoms. The first-order valence-corrected chi connectivity index (χ1v) is 8.78. The van der Waals surface area contributed by atoms with Crippen molar-refractivity contribution in [2.45, 2.75) is 13.5 Å². The van der Waals surface area contributed by atoms with Gasteiger partial charge in [-0.05, 0) is 30.7 Å². The molecule has 0 saturated heterocycles. The van der Waals surface area contributed by atoms with Crippen LogP contribution in [0.1, 0.15) is 15.9 Å². The predicted molar refractivity (Wildman–Crippen MR) is 104 cm³/mol. The summed E-state index contributed by atoms with van der Waals surface area (Å²) in [7, 11) is 0. The Labute approximate surface area is 156 Å². The number of nitrogens with one attached hydrogen (secondary N) is 1. The van der Waals surface area contributed by atoms with Gasteiger partial charge in [-0.3, -0.25) is 14.8 Å². The van der Waals surface area contributed by atoms with Gasteiger partial charge in [-0.2, -0.15) is 0 Å². The lowest BCUT2D eigenvalue weighted by Gasteiger charge is -2.12. The summed E-state index contributed by atoms with van der Waals surface area (Å²) in [5, 5.41) is 4.00. The van der Waals surface area contributed by atoms with Gasteiger partial charge in [0.2, 0.25) is 0 Å². The molecule has 0 fully saturated rings. The molecule has 6 nitrogen and oxygen atoms in total. The van der Waals surface area contributed by atoms with Crippen molar-refractivity contribution < 1.29 is 4.79 Å². The second-order valence-electron chi connectivity index (χ2n) is 6.27. The molecule has 1 amide bonds. The van der Waals surface area contributed by atoms with Crippen molar-refractivity contribution in [3.05, 3.63) is 78.5 Å². The average molecular weight is 357 g/mol. The fourth-order valence-electron chi connectivity index (χ4n) is 3.13. The zero-order chi connectivity index (χ0) is 18.6. The smallest absolute Gasteiger partial charge is 0.252 e. The number of carbonyl (C=O) groups excluding carboxylic acids is 1. The number of pyridine rings is 2. The van der Waals surface area contributed by atoms with Crippen LogP contribution < -0.4 is 5.32 Å². The van der Waals surface area contributed by atoms with Crippen LogP contribution in [-0.4, -0.2) is 32.0 Å². The molecule has 4 rings (SSSR count). The number of carbonyl (C=O) groups is 1. The summed E-state index contributed by atoms with van der Waals surface area (Å²) in [5.74, 6) is 0.735. The summed E-state index contributed by atoms with van der Waals surface area (Å²) >= 11 is 0. The van der Waals surface area contributed by atoms with Crippen LogP contribution in [0.2, 0.25) is 0 Å². The second kappa shape index (κ2) is 7.37. The highest BCUT2D eigenvalue weighted by atomic mass is 16.1. The number of hydrogen-bond acceptors (Lipinski definition) is 4. The van der Waals surface area contributed by atoms with Crippen LogP contribution in [0.3, 0.4) is 0 Å². The highest BCUT2D eigenvalue weighted by Gasteiger charge is 2.12. The lowest BCUT2D eigenvalue weighted by molar-refractivity contribution is 0.0952. The largest absolute Gasteiger partial charge is 0.350 e. The van der Waals surface area contributed by atoms with E-state index in [-0.39, 0.29) is 5.91 Å². The molecule has 6 heteroatoms. The van der Waals surface area contributed by atoms with Crippen LogP contribution in [-0.2, 0) is 6.54 Å².